The quantitative estimate of drug-likeness (QED) is 0.418. The number of nitrogens with one attached hydrogen (secondary N) is 2. The fourth-order valence-electron chi connectivity index (χ4n) is 3.36. The van der Waals surface area contributed by atoms with E-state index in [9.17, 15) is 19.5 Å². The molecule has 9 heteroatoms. The van der Waals surface area contributed by atoms with Crippen molar-refractivity contribution in [3.05, 3.63) is 21.8 Å². The van der Waals surface area contributed by atoms with Crippen molar-refractivity contribution in [1.82, 2.24) is 15.2 Å². The minimum absolute atomic E-state index is 0.170. The zero-order valence-electron chi connectivity index (χ0n) is 14.1. The number of allylic oxidation sites excluding steroid dienone is 1. The van der Waals surface area contributed by atoms with Crippen LogP contribution in [0, 0.1) is 5.41 Å². The Bertz CT molecular complexity index is 713. The lowest BCUT2D eigenvalue weighted by Gasteiger charge is -2.32. The molecule has 0 radical (unpaired) electrons. The molecular formula is C16H21N3O5S. The molecule has 0 aromatic rings. The summed E-state index contributed by atoms with van der Waals surface area (Å²) < 4.78 is 1.60. The number of aliphatic hydroxyl groups is 1. The van der Waals surface area contributed by atoms with E-state index in [-0.39, 0.29) is 23.3 Å². The van der Waals surface area contributed by atoms with Crippen molar-refractivity contribution in [2.24, 2.45) is 5.41 Å². The lowest BCUT2D eigenvalue weighted by Crippen LogP contribution is -2.51. The maximum Gasteiger partial charge on any atom is 0.317 e. The molecule has 0 saturated carbocycles. The molecule has 1 amide bonds. The summed E-state index contributed by atoms with van der Waals surface area (Å²) in [7, 11) is 0. The molecule has 0 aromatic heterocycles. The predicted octanol–water partition coefficient (Wildman–Crippen LogP) is 0.883. The highest BCUT2D eigenvalue weighted by Gasteiger charge is 2.47. The van der Waals surface area contributed by atoms with Gasteiger partial charge >= 0.3 is 5.97 Å². The van der Waals surface area contributed by atoms with E-state index in [2.05, 4.69) is 24.6 Å². The summed E-state index contributed by atoms with van der Waals surface area (Å²) in [6.45, 7) is 3.66. The first-order valence-electron chi connectivity index (χ1n) is 8.08. The number of aliphatic hydroxyl groups excluding tert-OH is 1. The second kappa shape index (κ2) is 6.47. The largest absolute Gasteiger partial charge is 0.509 e. The molecule has 1 aliphatic carbocycles. The minimum Gasteiger partial charge on any atom is -0.509 e. The summed E-state index contributed by atoms with van der Waals surface area (Å²) in [5, 5.41) is 21.7. The fourth-order valence-corrected chi connectivity index (χ4v) is 4.84. The van der Waals surface area contributed by atoms with E-state index < -0.39 is 30.2 Å². The van der Waals surface area contributed by atoms with Crippen molar-refractivity contribution >= 4 is 29.6 Å². The maximum absolute atomic E-state index is 12.3. The summed E-state index contributed by atoms with van der Waals surface area (Å²) in [4.78, 5) is 36.2. The number of amides is 1. The molecule has 25 heavy (non-hydrogen) atoms. The van der Waals surface area contributed by atoms with Gasteiger partial charge in [-0.05, 0) is 42.2 Å². The van der Waals surface area contributed by atoms with Gasteiger partial charge in [0.2, 0.25) is 0 Å². The Labute approximate surface area is 149 Å². The van der Waals surface area contributed by atoms with Crippen LogP contribution in [0.25, 0.3) is 0 Å². The average molecular weight is 367 g/mol. The smallest absolute Gasteiger partial charge is 0.317 e. The van der Waals surface area contributed by atoms with Gasteiger partial charge in [-0.25, -0.2) is 0 Å². The van der Waals surface area contributed by atoms with Crippen LogP contribution in [0.2, 0.25) is 0 Å². The Morgan fingerprint density at radius 1 is 1.40 bits per heavy atom. The van der Waals surface area contributed by atoms with E-state index >= 15 is 0 Å². The molecule has 2 heterocycles. The molecule has 0 fully saturated rings. The van der Waals surface area contributed by atoms with Crippen molar-refractivity contribution in [3.8, 4) is 0 Å². The second-order valence-corrected chi connectivity index (χ2v) is 8.30. The number of carboxylic acids is 1. The first-order valence-corrected chi connectivity index (χ1v) is 8.86. The van der Waals surface area contributed by atoms with Crippen LogP contribution in [-0.2, 0) is 14.4 Å². The first-order chi connectivity index (χ1) is 11.7. The SMILES string of the molecule is CC1(C)CCC2=C(C1)SN1NC(=O)C(C(=O)CNCC(=O)O)=C(O)C21. The molecule has 1 atom stereocenters. The fraction of sp³-hybridized carbons (Fsp3) is 0.562. The second-order valence-electron chi connectivity index (χ2n) is 7.23. The van der Waals surface area contributed by atoms with Gasteiger partial charge in [0, 0.05) is 4.91 Å². The van der Waals surface area contributed by atoms with E-state index in [0.29, 0.717) is 0 Å². The van der Waals surface area contributed by atoms with Crippen LogP contribution in [0.3, 0.4) is 0 Å². The number of hydrogen-bond acceptors (Lipinski definition) is 7. The van der Waals surface area contributed by atoms with Crippen LogP contribution < -0.4 is 10.7 Å². The van der Waals surface area contributed by atoms with Crippen LogP contribution >= 0.6 is 11.9 Å². The number of rotatable bonds is 5. The number of nitrogens with zero attached hydrogens (tertiary/aromatic N) is 1. The van der Waals surface area contributed by atoms with Crippen molar-refractivity contribution in [2.45, 2.75) is 39.2 Å². The van der Waals surface area contributed by atoms with Gasteiger partial charge in [0.25, 0.3) is 5.91 Å². The number of fused-ring (bicyclic) bond motifs is 2. The van der Waals surface area contributed by atoms with E-state index in [0.717, 1.165) is 29.7 Å². The summed E-state index contributed by atoms with van der Waals surface area (Å²) in [6.07, 6.45) is 2.64. The molecule has 3 rings (SSSR count). The van der Waals surface area contributed by atoms with E-state index in [4.69, 9.17) is 5.11 Å². The van der Waals surface area contributed by atoms with Crippen LogP contribution in [0.5, 0.6) is 0 Å². The highest BCUT2D eigenvalue weighted by atomic mass is 32.2. The van der Waals surface area contributed by atoms with Gasteiger partial charge in [-0.2, -0.15) is 0 Å². The number of carbonyl (C=O) groups is 3. The molecule has 0 spiro atoms. The van der Waals surface area contributed by atoms with Crippen LogP contribution in [0.4, 0.5) is 0 Å². The summed E-state index contributed by atoms with van der Waals surface area (Å²) in [5.41, 5.74) is 3.58. The maximum atomic E-state index is 12.3. The number of aliphatic carboxylic acids is 1. The molecule has 4 N–H and O–H groups in total. The highest BCUT2D eigenvalue weighted by molar-refractivity contribution is 8.01. The first kappa shape index (κ1) is 18.0. The topological polar surface area (TPSA) is 119 Å². The minimum atomic E-state index is -1.10. The number of carbonyl (C=O) groups excluding carboxylic acids is 2. The predicted molar refractivity (Wildman–Crippen MR) is 91.2 cm³/mol. The third kappa shape index (κ3) is 3.44. The van der Waals surface area contributed by atoms with Crippen molar-refractivity contribution in [2.75, 3.05) is 13.1 Å². The highest BCUT2D eigenvalue weighted by Crippen LogP contribution is 2.52. The van der Waals surface area contributed by atoms with Crippen LogP contribution in [0.1, 0.15) is 33.1 Å². The molecule has 136 valence electrons. The third-order valence-corrected chi connectivity index (χ3v) is 5.76. The lowest BCUT2D eigenvalue weighted by atomic mass is 9.76. The van der Waals surface area contributed by atoms with E-state index in [1.165, 1.54) is 11.9 Å². The lowest BCUT2D eigenvalue weighted by molar-refractivity contribution is -0.135. The number of Topliss-reactive ketones (excluding diaryl/α,β-unsaturated/α-hetero) is 1. The van der Waals surface area contributed by atoms with Crippen LogP contribution in [0.15, 0.2) is 21.8 Å². The summed E-state index contributed by atoms with van der Waals surface area (Å²) in [5.74, 6) is -2.63. The molecule has 0 bridgehead atoms. The van der Waals surface area contributed by atoms with Gasteiger partial charge in [-0.1, -0.05) is 13.8 Å². The normalized spacial score (nSPS) is 25.5. The summed E-state index contributed by atoms with van der Waals surface area (Å²) >= 11 is 1.41. The molecule has 3 aliphatic rings. The Kier molecular flexibility index (Phi) is 4.65. The monoisotopic (exact) mass is 367 g/mol. The van der Waals surface area contributed by atoms with E-state index in [1.807, 2.05) is 0 Å². The Balaban J connectivity index is 1.84. The molecular weight excluding hydrogens is 346 g/mol. The standard InChI is InChI=1S/C16H21N3O5S/c1-16(2)4-3-8-10(5-16)25-19-13(8)14(23)12(15(24)18-19)9(20)6-17-7-11(21)22/h13,17,23H,3-7H2,1-2H3,(H,18,24)(H,21,22). The number of carboxylic acid groups (broad SMARTS) is 1. The molecule has 1 unspecified atom stereocenters. The van der Waals surface area contributed by atoms with Gasteiger partial charge in [-0.15, -0.1) is 4.41 Å². The van der Waals surface area contributed by atoms with Gasteiger partial charge < -0.3 is 10.2 Å². The van der Waals surface area contributed by atoms with Gasteiger partial charge in [0.05, 0.1) is 13.1 Å². The molecule has 8 nitrogen and oxygen atoms in total. The van der Waals surface area contributed by atoms with Crippen molar-refractivity contribution in [3.63, 3.8) is 0 Å². The molecule has 0 saturated heterocycles. The summed E-state index contributed by atoms with van der Waals surface area (Å²) in [6, 6.07) is -0.521. The average Bonchev–Trinajstić information content (AvgIpc) is 2.82. The Hall–Kier alpha value is -1.84. The van der Waals surface area contributed by atoms with Crippen molar-refractivity contribution < 1.29 is 24.6 Å². The zero-order chi connectivity index (χ0) is 18.4. The third-order valence-electron chi connectivity index (χ3n) is 4.64. The number of hydrogen-bond donors (Lipinski definition) is 4. The Morgan fingerprint density at radius 2 is 2.12 bits per heavy atom. The van der Waals surface area contributed by atoms with Gasteiger partial charge in [0.1, 0.15) is 17.4 Å². The van der Waals surface area contributed by atoms with Crippen molar-refractivity contribution in [1.29, 1.82) is 0 Å². The van der Waals surface area contributed by atoms with Crippen LogP contribution in [-0.4, -0.2) is 51.4 Å². The zero-order valence-corrected chi connectivity index (χ0v) is 14.9. The molecule has 2 aliphatic heterocycles. The van der Waals surface area contributed by atoms with Gasteiger partial charge in [-0.3, -0.25) is 25.1 Å². The number of hydrazine groups is 1. The Morgan fingerprint density at radius 3 is 2.80 bits per heavy atom. The number of ketones is 1. The molecule has 0 aromatic carbocycles. The van der Waals surface area contributed by atoms with E-state index in [1.54, 1.807) is 4.41 Å². The van der Waals surface area contributed by atoms with Gasteiger partial charge in [0.15, 0.2) is 5.78 Å².